The lowest BCUT2D eigenvalue weighted by molar-refractivity contribution is 0.0786. The first-order valence-electron chi connectivity index (χ1n) is 8.14. The number of aryl methyl sites for hydroxylation is 1. The molecule has 1 N–H and O–H groups in total. The van der Waals surface area contributed by atoms with E-state index in [2.05, 4.69) is 10.3 Å². The van der Waals surface area contributed by atoms with E-state index in [4.69, 9.17) is 0 Å². The third kappa shape index (κ3) is 4.15. The molecular formula is C20H19N3O2S. The minimum Gasteiger partial charge on any atom is -0.337 e. The Balaban J connectivity index is 1.71. The highest BCUT2D eigenvalue weighted by molar-refractivity contribution is 7.10. The fourth-order valence-corrected chi connectivity index (χ4v) is 3.46. The summed E-state index contributed by atoms with van der Waals surface area (Å²) in [5.74, 6) is -0.347. The highest BCUT2D eigenvalue weighted by atomic mass is 32.1. The van der Waals surface area contributed by atoms with E-state index in [0.717, 1.165) is 0 Å². The predicted molar refractivity (Wildman–Crippen MR) is 103 cm³/mol. The fraction of sp³-hybridized carbons (Fsp3) is 0.150. The Kier molecular flexibility index (Phi) is 5.43. The number of nitrogens with one attached hydrogen (secondary N) is 1. The number of anilines is 1. The number of amides is 2. The molecule has 26 heavy (non-hydrogen) atoms. The van der Waals surface area contributed by atoms with Crippen LogP contribution in [0.5, 0.6) is 0 Å². The van der Waals surface area contributed by atoms with Gasteiger partial charge in [-0.05, 0) is 54.3 Å². The van der Waals surface area contributed by atoms with Crippen molar-refractivity contribution in [3.63, 3.8) is 0 Å². The number of aromatic nitrogens is 1. The summed E-state index contributed by atoms with van der Waals surface area (Å²) in [6.07, 6.45) is 3.11. The van der Waals surface area contributed by atoms with Crippen LogP contribution in [0.3, 0.4) is 0 Å². The summed E-state index contributed by atoms with van der Waals surface area (Å²) in [5.41, 5.74) is 2.76. The van der Waals surface area contributed by atoms with E-state index < -0.39 is 0 Å². The van der Waals surface area contributed by atoms with Crippen molar-refractivity contribution in [2.24, 2.45) is 0 Å². The second kappa shape index (κ2) is 7.93. The molecule has 3 rings (SSSR count). The van der Waals surface area contributed by atoms with E-state index in [1.807, 2.05) is 18.4 Å². The number of hydrogen-bond donors (Lipinski definition) is 1. The summed E-state index contributed by atoms with van der Waals surface area (Å²) in [6, 6.07) is 12.4. The first-order chi connectivity index (χ1) is 12.5. The molecule has 0 saturated carbocycles. The number of hydrogen-bond acceptors (Lipinski definition) is 4. The average molecular weight is 365 g/mol. The first kappa shape index (κ1) is 17.8. The Morgan fingerprint density at radius 2 is 1.96 bits per heavy atom. The molecule has 0 saturated heterocycles. The van der Waals surface area contributed by atoms with Gasteiger partial charge < -0.3 is 10.2 Å². The lowest BCUT2D eigenvalue weighted by atomic mass is 10.1. The van der Waals surface area contributed by atoms with Gasteiger partial charge in [0.25, 0.3) is 11.8 Å². The maximum atomic E-state index is 12.7. The second-order valence-corrected chi connectivity index (χ2v) is 6.97. The number of thiophene rings is 1. The van der Waals surface area contributed by atoms with Gasteiger partial charge in [-0.15, -0.1) is 11.3 Å². The monoisotopic (exact) mass is 365 g/mol. The molecule has 0 aliphatic heterocycles. The van der Waals surface area contributed by atoms with Gasteiger partial charge in [-0.25, -0.2) is 0 Å². The summed E-state index contributed by atoms with van der Waals surface area (Å²) in [4.78, 5) is 31.7. The van der Waals surface area contributed by atoms with Crippen LogP contribution < -0.4 is 5.32 Å². The Labute approximate surface area is 156 Å². The Bertz CT molecular complexity index is 922. The highest BCUT2D eigenvalue weighted by Gasteiger charge is 2.15. The van der Waals surface area contributed by atoms with Gasteiger partial charge in [0.05, 0.1) is 12.1 Å². The number of carbonyl (C=O) groups excluding carboxylic acids is 2. The van der Waals surface area contributed by atoms with E-state index >= 15 is 0 Å². The molecule has 2 heterocycles. The molecule has 0 spiro atoms. The number of nitrogens with zero attached hydrogens (tertiary/aromatic N) is 2. The molecule has 0 atom stereocenters. The summed E-state index contributed by atoms with van der Waals surface area (Å²) in [5, 5.41) is 4.82. The van der Waals surface area contributed by atoms with Crippen LogP contribution >= 0.6 is 11.3 Å². The summed E-state index contributed by atoms with van der Waals surface area (Å²) < 4.78 is 0. The van der Waals surface area contributed by atoms with Gasteiger partial charge in [-0.3, -0.25) is 14.6 Å². The molecular weight excluding hydrogens is 346 g/mol. The van der Waals surface area contributed by atoms with Crippen LogP contribution in [0.25, 0.3) is 0 Å². The van der Waals surface area contributed by atoms with Crippen LogP contribution in [-0.4, -0.2) is 28.7 Å². The maximum Gasteiger partial charge on any atom is 0.257 e. The maximum absolute atomic E-state index is 12.7. The molecule has 0 radical (unpaired) electrons. The van der Waals surface area contributed by atoms with Crippen molar-refractivity contribution in [1.29, 1.82) is 0 Å². The number of benzene rings is 1. The Morgan fingerprint density at radius 3 is 2.65 bits per heavy atom. The van der Waals surface area contributed by atoms with Gasteiger partial charge in [-0.1, -0.05) is 6.07 Å². The third-order valence-electron chi connectivity index (χ3n) is 3.99. The molecule has 1 aromatic carbocycles. The van der Waals surface area contributed by atoms with Crippen LogP contribution in [0.15, 0.2) is 60.2 Å². The Hall–Kier alpha value is -2.99. The zero-order chi connectivity index (χ0) is 18.5. The lowest BCUT2D eigenvalue weighted by Gasteiger charge is -2.17. The lowest BCUT2D eigenvalue weighted by Crippen LogP contribution is -2.26. The van der Waals surface area contributed by atoms with E-state index in [9.17, 15) is 9.59 Å². The van der Waals surface area contributed by atoms with E-state index in [0.29, 0.717) is 23.4 Å². The second-order valence-electron chi connectivity index (χ2n) is 5.96. The molecule has 6 heteroatoms. The van der Waals surface area contributed by atoms with Crippen molar-refractivity contribution < 1.29 is 9.59 Å². The summed E-state index contributed by atoms with van der Waals surface area (Å²) in [7, 11) is 1.78. The first-order valence-corrected chi connectivity index (χ1v) is 9.02. The number of pyridine rings is 1. The van der Waals surface area contributed by atoms with E-state index in [-0.39, 0.29) is 11.8 Å². The van der Waals surface area contributed by atoms with Gasteiger partial charge in [0, 0.05) is 35.6 Å². The van der Waals surface area contributed by atoms with Crippen molar-refractivity contribution in [2.45, 2.75) is 13.5 Å². The molecule has 132 valence electrons. The van der Waals surface area contributed by atoms with Crippen LogP contribution in [0.1, 0.15) is 31.2 Å². The van der Waals surface area contributed by atoms with Gasteiger partial charge in [-0.2, -0.15) is 0 Å². The van der Waals surface area contributed by atoms with Gasteiger partial charge in [0.1, 0.15) is 0 Å². The molecule has 3 aromatic rings. The standard InChI is InChI=1S/C20H19N3O2S/c1-14-8-10-26-18(14)13-23(2)20(25)15-5-3-7-17(11-15)22-19(24)16-6-4-9-21-12-16/h3-12H,13H2,1-2H3,(H,22,24). The van der Waals surface area contributed by atoms with Crippen LogP contribution in [-0.2, 0) is 6.54 Å². The van der Waals surface area contributed by atoms with Gasteiger partial charge >= 0.3 is 0 Å². The van der Waals surface area contributed by atoms with Crippen LogP contribution in [0, 0.1) is 6.92 Å². The van der Waals surface area contributed by atoms with Gasteiger partial charge in [0.15, 0.2) is 0 Å². The SMILES string of the molecule is Cc1ccsc1CN(C)C(=O)c1cccc(NC(=O)c2cccnc2)c1. The van der Waals surface area contributed by atoms with E-state index in [1.54, 1.807) is 65.9 Å². The van der Waals surface area contributed by atoms with Gasteiger partial charge in [0.2, 0.25) is 0 Å². The largest absolute Gasteiger partial charge is 0.337 e. The van der Waals surface area contributed by atoms with Crippen molar-refractivity contribution in [3.8, 4) is 0 Å². The molecule has 0 unspecified atom stereocenters. The van der Waals surface area contributed by atoms with Crippen molar-refractivity contribution >= 4 is 28.8 Å². The number of carbonyl (C=O) groups is 2. The van der Waals surface area contributed by atoms with Crippen LogP contribution in [0.2, 0.25) is 0 Å². The van der Waals surface area contributed by atoms with E-state index in [1.165, 1.54) is 16.6 Å². The quantitative estimate of drug-likeness (QED) is 0.744. The molecule has 0 bridgehead atoms. The van der Waals surface area contributed by atoms with Crippen molar-refractivity contribution in [3.05, 3.63) is 81.8 Å². The topological polar surface area (TPSA) is 62.3 Å². The molecule has 2 amide bonds. The molecule has 0 fully saturated rings. The Morgan fingerprint density at radius 1 is 1.15 bits per heavy atom. The summed E-state index contributed by atoms with van der Waals surface area (Å²) in [6.45, 7) is 2.60. The van der Waals surface area contributed by atoms with Crippen molar-refractivity contribution in [1.82, 2.24) is 9.88 Å². The normalized spacial score (nSPS) is 10.4. The average Bonchev–Trinajstić information content (AvgIpc) is 3.06. The minimum atomic E-state index is -0.259. The van der Waals surface area contributed by atoms with Crippen LogP contribution in [0.4, 0.5) is 5.69 Å². The fourth-order valence-electron chi connectivity index (χ4n) is 2.50. The molecule has 0 aliphatic carbocycles. The zero-order valence-electron chi connectivity index (χ0n) is 14.6. The smallest absolute Gasteiger partial charge is 0.257 e. The predicted octanol–water partition coefficient (Wildman–Crippen LogP) is 3.98. The molecule has 5 nitrogen and oxygen atoms in total. The highest BCUT2D eigenvalue weighted by Crippen LogP contribution is 2.19. The molecule has 0 aliphatic rings. The van der Waals surface area contributed by atoms with Crippen molar-refractivity contribution in [2.75, 3.05) is 12.4 Å². The summed E-state index contributed by atoms with van der Waals surface area (Å²) >= 11 is 1.64. The zero-order valence-corrected chi connectivity index (χ0v) is 15.4. The minimum absolute atomic E-state index is 0.0877. The molecule has 2 aromatic heterocycles. The third-order valence-corrected chi connectivity index (χ3v) is 4.99. The number of rotatable bonds is 5.